The van der Waals surface area contributed by atoms with E-state index in [4.69, 9.17) is 15.2 Å². The second-order valence-electron chi connectivity index (χ2n) is 10.5. The van der Waals surface area contributed by atoms with E-state index in [0.717, 1.165) is 33.1 Å². The van der Waals surface area contributed by atoms with Crippen LogP contribution in [0.3, 0.4) is 0 Å². The van der Waals surface area contributed by atoms with Crippen LogP contribution in [0.25, 0.3) is 0 Å². The summed E-state index contributed by atoms with van der Waals surface area (Å²) < 4.78 is 11.3. The van der Waals surface area contributed by atoms with Gasteiger partial charge in [0, 0.05) is 18.7 Å². The van der Waals surface area contributed by atoms with Crippen LogP contribution < -0.4 is 16.0 Å². The molecule has 2 amide bonds. The highest BCUT2D eigenvalue weighted by atomic mass is 16.5. The third-order valence-corrected chi connectivity index (χ3v) is 7.70. The van der Waals surface area contributed by atoms with Crippen molar-refractivity contribution < 1.29 is 19.1 Å². The number of methoxy groups -OCH3 is 1. The Kier molecular flexibility index (Phi) is 9.43. The van der Waals surface area contributed by atoms with Gasteiger partial charge in [-0.2, -0.15) is 0 Å². The van der Waals surface area contributed by atoms with Crippen molar-refractivity contribution in [2.75, 3.05) is 25.2 Å². The Labute approximate surface area is 246 Å². The van der Waals surface area contributed by atoms with E-state index in [1.807, 2.05) is 85.9 Å². The van der Waals surface area contributed by atoms with Crippen molar-refractivity contribution >= 4 is 17.7 Å². The number of imide groups is 1. The van der Waals surface area contributed by atoms with Crippen LogP contribution in [0.15, 0.2) is 91.1 Å². The number of rotatable bonds is 9. The fourth-order valence-electron chi connectivity index (χ4n) is 5.50. The van der Waals surface area contributed by atoms with Gasteiger partial charge < -0.3 is 25.5 Å². The summed E-state index contributed by atoms with van der Waals surface area (Å²) in [4.78, 5) is 35.9. The van der Waals surface area contributed by atoms with Gasteiger partial charge in [0.1, 0.15) is 5.82 Å². The first-order valence-electron chi connectivity index (χ1n) is 14.2. The van der Waals surface area contributed by atoms with Crippen molar-refractivity contribution in [2.24, 2.45) is 5.73 Å². The van der Waals surface area contributed by atoms with Gasteiger partial charge in [0.15, 0.2) is 0 Å². The molecule has 0 spiro atoms. The molecule has 1 aliphatic heterocycles. The van der Waals surface area contributed by atoms with Gasteiger partial charge in [-0.25, -0.2) is 14.7 Å². The molecule has 2 heterocycles. The number of benzene rings is 3. The molecule has 9 nitrogen and oxygen atoms in total. The Morgan fingerprint density at radius 3 is 2.24 bits per heavy atom. The van der Waals surface area contributed by atoms with Crippen LogP contribution in [-0.4, -0.2) is 54.4 Å². The number of amides is 2. The number of carbonyl (C=O) groups excluding carboxylic acids is 2. The van der Waals surface area contributed by atoms with Gasteiger partial charge in [-0.05, 0) is 42.5 Å². The predicted octanol–water partition coefficient (Wildman–Crippen LogP) is 4.64. The average molecular weight is 568 g/mol. The third-order valence-electron chi connectivity index (χ3n) is 7.70. The second kappa shape index (κ2) is 13.6. The standard InChI is InChI=1S/C33H37N5O4/c1-22-35-20-27(37-22)28-21-42-26(19-36-28)18-17-23-11-9-10-16-29(23)38(33(40)41-2)32(39)31(34)30(24-12-5-3-6-13-24)25-14-7-4-8-15-25/h3-16,20,26,28,30-31,36H,17-19,21,34H2,1-2H3,(H,35,37)/t26-,28+,31+/m1/s1. The van der Waals surface area contributed by atoms with Crippen molar-refractivity contribution in [2.45, 2.75) is 43.9 Å². The topological polar surface area (TPSA) is 123 Å². The number of nitrogens with two attached hydrogens (primary N) is 1. The summed E-state index contributed by atoms with van der Waals surface area (Å²) in [5.74, 6) is -0.137. The lowest BCUT2D eigenvalue weighted by atomic mass is 9.84. The van der Waals surface area contributed by atoms with Crippen LogP contribution in [0.1, 0.15) is 46.6 Å². The SMILES string of the molecule is COC(=O)N(C(=O)[C@@H](N)C(c1ccccc1)c1ccccc1)c1ccccc1CC[C@@H]1CN[C@H](c2cnc(C)[nH]2)CO1. The van der Waals surface area contributed by atoms with E-state index in [9.17, 15) is 9.59 Å². The first-order valence-corrected chi connectivity index (χ1v) is 14.2. The van der Waals surface area contributed by atoms with Crippen LogP contribution in [0.4, 0.5) is 10.5 Å². The lowest BCUT2D eigenvalue weighted by Gasteiger charge is -2.31. The average Bonchev–Trinajstić information content (AvgIpc) is 3.48. The Morgan fingerprint density at radius 1 is 1.02 bits per heavy atom. The molecular weight excluding hydrogens is 530 g/mol. The zero-order valence-electron chi connectivity index (χ0n) is 23.9. The molecule has 0 saturated carbocycles. The minimum absolute atomic E-state index is 0.0246. The molecular formula is C33H37N5O4. The summed E-state index contributed by atoms with van der Waals surface area (Å²) in [7, 11) is 1.27. The Balaban J connectivity index is 1.35. The summed E-state index contributed by atoms with van der Waals surface area (Å²) in [6.45, 7) is 3.12. The molecule has 3 aromatic carbocycles. The fraction of sp³-hybridized carbons (Fsp3) is 0.303. The second-order valence-corrected chi connectivity index (χ2v) is 10.5. The molecule has 0 radical (unpaired) electrons. The van der Waals surface area contributed by atoms with Crippen LogP contribution in [0.5, 0.6) is 0 Å². The molecule has 5 rings (SSSR count). The van der Waals surface area contributed by atoms with E-state index >= 15 is 0 Å². The quantitative estimate of drug-likeness (QED) is 0.269. The minimum Gasteiger partial charge on any atom is -0.452 e. The number of aryl methyl sites for hydroxylation is 2. The van der Waals surface area contributed by atoms with Gasteiger partial charge in [0.2, 0.25) is 0 Å². The highest BCUT2D eigenvalue weighted by Crippen LogP contribution is 2.31. The monoisotopic (exact) mass is 567 g/mol. The van der Waals surface area contributed by atoms with Gasteiger partial charge in [-0.3, -0.25) is 4.79 Å². The molecule has 0 bridgehead atoms. The summed E-state index contributed by atoms with van der Waals surface area (Å²) >= 11 is 0. The Morgan fingerprint density at radius 2 is 1.67 bits per heavy atom. The number of hydrogen-bond acceptors (Lipinski definition) is 7. The fourth-order valence-corrected chi connectivity index (χ4v) is 5.50. The van der Waals surface area contributed by atoms with Gasteiger partial charge in [0.25, 0.3) is 5.91 Å². The van der Waals surface area contributed by atoms with Crippen LogP contribution in [-0.2, 0) is 20.7 Å². The van der Waals surface area contributed by atoms with E-state index in [-0.39, 0.29) is 12.1 Å². The maximum absolute atomic E-state index is 14.1. The number of hydrogen-bond donors (Lipinski definition) is 3. The summed E-state index contributed by atoms with van der Waals surface area (Å²) in [5.41, 5.74) is 10.8. The zero-order chi connectivity index (χ0) is 29.5. The highest BCUT2D eigenvalue weighted by Gasteiger charge is 2.36. The molecule has 4 N–H and O–H groups in total. The van der Waals surface area contributed by atoms with Gasteiger partial charge in [-0.15, -0.1) is 0 Å². The maximum atomic E-state index is 14.1. The summed E-state index contributed by atoms with van der Waals surface area (Å²) in [6.07, 6.45) is 2.31. The maximum Gasteiger partial charge on any atom is 0.420 e. The Bertz CT molecular complexity index is 1430. The Hall–Kier alpha value is -4.31. The van der Waals surface area contributed by atoms with Crippen molar-refractivity contribution in [1.29, 1.82) is 0 Å². The predicted molar refractivity (Wildman–Crippen MR) is 161 cm³/mol. The molecule has 1 aromatic heterocycles. The van der Waals surface area contributed by atoms with Crippen LogP contribution in [0, 0.1) is 6.92 Å². The molecule has 1 aliphatic rings. The summed E-state index contributed by atoms with van der Waals surface area (Å²) in [6, 6.07) is 25.6. The van der Waals surface area contributed by atoms with Crippen molar-refractivity contribution in [3.63, 3.8) is 0 Å². The van der Waals surface area contributed by atoms with Crippen molar-refractivity contribution in [3.05, 3.63) is 119 Å². The molecule has 0 unspecified atom stereocenters. The lowest BCUT2D eigenvalue weighted by Crippen LogP contribution is -2.50. The zero-order valence-corrected chi connectivity index (χ0v) is 23.9. The van der Waals surface area contributed by atoms with Crippen LogP contribution in [0.2, 0.25) is 0 Å². The number of nitrogens with zero attached hydrogens (tertiary/aromatic N) is 2. The molecule has 1 saturated heterocycles. The largest absolute Gasteiger partial charge is 0.452 e. The lowest BCUT2D eigenvalue weighted by molar-refractivity contribution is -0.119. The van der Waals surface area contributed by atoms with E-state index < -0.39 is 24.0 Å². The van der Waals surface area contributed by atoms with Crippen molar-refractivity contribution in [1.82, 2.24) is 15.3 Å². The number of aromatic nitrogens is 2. The molecule has 4 aromatic rings. The number of para-hydroxylation sites is 1. The van der Waals surface area contributed by atoms with Crippen LogP contribution >= 0.6 is 0 Å². The van der Waals surface area contributed by atoms with E-state index in [1.54, 1.807) is 12.1 Å². The molecule has 0 aliphatic carbocycles. The number of anilines is 1. The van der Waals surface area contributed by atoms with E-state index in [0.29, 0.717) is 31.7 Å². The number of nitrogens with one attached hydrogen (secondary N) is 2. The smallest absolute Gasteiger partial charge is 0.420 e. The number of carbonyl (C=O) groups is 2. The minimum atomic E-state index is -1.05. The number of aromatic amines is 1. The first kappa shape index (κ1) is 29.2. The number of imidazole rings is 1. The molecule has 3 atom stereocenters. The van der Waals surface area contributed by atoms with Gasteiger partial charge in [-0.1, -0.05) is 78.9 Å². The van der Waals surface area contributed by atoms with Crippen molar-refractivity contribution in [3.8, 4) is 0 Å². The van der Waals surface area contributed by atoms with E-state index in [2.05, 4.69) is 15.3 Å². The number of ether oxygens (including phenoxy) is 2. The molecule has 9 heteroatoms. The molecule has 218 valence electrons. The molecule has 1 fully saturated rings. The molecule has 42 heavy (non-hydrogen) atoms. The number of H-pyrrole nitrogens is 1. The first-order chi connectivity index (χ1) is 20.5. The number of morpholine rings is 1. The third kappa shape index (κ3) is 6.60. The van der Waals surface area contributed by atoms with Gasteiger partial charge >= 0.3 is 6.09 Å². The summed E-state index contributed by atoms with van der Waals surface area (Å²) in [5, 5.41) is 3.53. The van der Waals surface area contributed by atoms with E-state index in [1.165, 1.54) is 7.11 Å². The van der Waals surface area contributed by atoms with Gasteiger partial charge in [0.05, 0.1) is 43.3 Å². The highest BCUT2D eigenvalue weighted by molar-refractivity contribution is 6.15. The normalized spacial score (nSPS) is 17.5.